The summed E-state index contributed by atoms with van der Waals surface area (Å²) < 4.78 is 7.57. The van der Waals surface area contributed by atoms with Gasteiger partial charge in [-0.05, 0) is 37.3 Å². The molecule has 2 aromatic rings. The van der Waals surface area contributed by atoms with Gasteiger partial charge >= 0.3 is 0 Å². The van der Waals surface area contributed by atoms with Gasteiger partial charge in [0.2, 0.25) is 11.9 Å². The van der Waals surface area contributed by atoms with Crippen LogP contribution in [0.25, 0.3) is 0 Å². The summed E-state index contributed by atoms with van der Waals surface area (Å²) in [5.41, 5.74) is 0. The maximum absolute atomic E-state index is 12.0. The molecule has 0 aromatic carbocycles. The Balaban J connectivity index is 1.71. The van der Waals surface area contributed by atoms with Crippen LogP contribution in [0.3, 0.4) is 0 Å². The average molecular weight is 378 g/mol. The molecule has 0 atom stereocenters. The summed E-state index contributed by atoms with van der Waals surface area (Å²) in [5, 5.41) is 12.5. The van der Waals surface area contributed by atoms with Crippen LogP contribution < -0.4 is 10.2 Å². The van der Waals surface area contributed by atoms with Crippen molar-refractivity contribution in [3.63, 3.8) is 0 Å². The lowest BCUT2D eigenvalue weighted by atomic mass is 10.1. The van der Waals surface area contributed by atoms with Crippen molar-refractivity contribution in [3.8, 4) is 0 Å². The van der Waals surface area contributed by atoms with Gasteiger partial charge in [0.15, 0.2) is 5.16 Å². The lowest BCUT2D eigenvalue weighted by Crippen LogP contribution is -2.32. The van der Waals surface area contributed by atoms with Gasteiger partial charge in [0.25, 0.3) is 0 Å². The number of anilines is 1. The summed E-state index contributed by atoms with van der Waals surface area (Å²) in [7, 11) is 0. The molecule has 142 valence electrons. The molecule has 1 aliphatic heterocycles. The number of piperidine rings is 1. The van der Waals surface area contributed by atoms with Crippen LogP contribution in [-0.4, -0.2) is 46.1 Å². The van der Waals surface area contributed by atoms with Crippen molar-refractivity contribution in [1.82, 2.24) is 20.1 Å². The maximum atomic E-state index is 12.0. The van der Waals surface area contributed by atoms with Crippen molar-refractivity contribution in [1.29, 1.82) is 0 Å². The first-order valence-corrected chi connectivity index (χ1v) is 10.2. The molecule has 26 heavy (non-hydrogen) atoms. The van der Waals surface area contributed by atoms with Gasteiger partial charge in [-0.1, -0.05) is 25.6 Å². The Morgan fingerprint density at radius 2 is 2.12 bits per heavy atom. The molecule has 0 aliphatic carbocycles. The van der Waals surface area contributed by atoms with E-state index in [9.17, 15) is 4.79 Å². The number of hydrogen-bond acceptors (Lipinski definition) is 6. The highest BCUT2D eigenvalue weighted by atomic mass is 32.2. The van der Waals surface area contributed by atoms with Gasteiger partial charge in [-0.2, -0.15) is 0 Å². The van der Waals surface area contributed by atoms with E-state index in [0.29, 0.717) is 24.8 Å². The molecule has 2 aromatic heterocycles. The zero-order chi connectivity index (χ0) is 18.4. The van der Waals surface area contributed by atoms with Crippen LogP contribution in [0.15, 0.2) is 28.0 Å². The summed E-state index contributed by atoms with van der Waals surface area (Å²) in [6.45, 7) is 7.42. The minimum Gasteiger partial charge on any atom is -0.467 e. The quantitative estimate of drug-likeness (QED) is 0.713. The Morgan fingerprint density at radius 3 is 2.81 bits per heavy atom. The van der Waals surface area contributed by atoms with E-state index >= 15 is 0 Å². The largest absolute Gasteiger partial charge is 0.467 e. The van der Waals surface area contributed by atoms with Crippen LogP contribution in [0.1, 0.15) is 38.9 Å². The highest BCUT2D eigenvalue weighted by Crippen LogP contribution is 2.25. The standard InChI is InChI=1S/C18H27N5O2S/c1-14(2)11-19-16(24)13-26-18-21-20-17(22-8-4-3-5-9-22)23(18)12-15-7-6-10-25-15/h6-7,10,14H,3-5,8-9,11-13H2,1-2H3,(H,19,24). The van der Waals surface area contributed by atoms with Crippen molar-refractivity contribution < 1.29 is 9.21 Å². The third-order valence-corrected chi connectivity index (χ3v) is 5.24. The van der Waals surface area contributed by atoms with Gasteiger partial charge in [0, 0.05) is 19.6 Å². The second kappa shape index (κ2) is 9.12. The minimum atomic E-state index is 0.0239. The average Bonchev–Trinajstić information content (AvgIpc) is 3.29. The van der Waals surface area contributed by atoms with Crippen molar-refractivity contribution in [2.24, 2.45) is 5.92 Å². The molecule has 0 bridgehead atoms. The van der Waals surface area contributed by atoms with Crippen LogP contribution in [-0.2, 0) is 11.3 Å². The molecule has 3 heterocycles. The Morgan fingerprint density at radius 1 is 1.31 bits per heavy atom. The summed E-state index contributed by atoms with van der Waals surface area (Å²) in [4.78, 5) is 14.3. The topological polar surface area (TPSA) is 76.2 Å². The first-order chi connectivity index (χ1) is 12.6. The summed E-state index contributed by atoms with van der Waals surface area (Å²) in [6, 6.07) is 3.83. The molecule has 1 fully saturated rings. The van der Waals surface area contributed by atoms with Crippen molar-refractivity contribution in [3.05, 3.63) is 24.2 Å². The zero-order valence-electron chi connectivity index (χ0n) is 15.5. The van der Waals surface area contributed by atoms with Crippen LogP contribution in [0, 0.1) is 5.92 Å². The van der Waals surface area contributed by atoms with Crippen molar-refractivity contribution in [2.45, 2.75) is 44.8 Å². The number of carbonyl (C=O) groups is 1. The molecule has 1 saturated heterocycles. The SMILES string of the molecule is CC(C)CNC(=O)CSc1nnc(N2CCCCC2)n1Cc1ccco1. The molecule has 0 saturated carbocycles. The normalized spacial score (nSPS) is 14.8. The maximum Gasteiger partial charge on any atom is 0.230 e. The van der Waals surface area contributed by atoms with Crippen LogP contribution >= 0.6 is 11.8 Å². The molecule has 8 heteroatoms. The molecule has 1 amide bonds. The van der Waals surface area contributed by atoms with Crippen LogP contribution in [0.5, 0.6) is 0 Å². The van der Waals surface area contributed by atoms with Crippen molar-refractivity contribution in [2.75, 3.05) is 30.3 Å². The Labute approximate surface area is 158 Å². The summed E-state index contributed by atoms with van der Waals surface area (Å²) in [5.74, 6) is 2.52. The molecule has 0 unspecified atom stereocenters. The number of furan rings is 1. The fraction of sp³-hybridized carbons (Fsp3) is 0.611. The lowest BCUT2D eigenvalue weighted by Gasteiger charge is -2.27. The van der Waals surface area contributed by atoms with Gasteiger partial charge in [0.05, 0.1) is 18.6 Å². The highest BCUT2D eigenvalue weighted by Gasteiger charge is 2.21. The smallest absolute Gasteiger partial charge is 0.230 e. The number of nitrogens with zero attached hydrogens (tertiary/aromatic N) is 4. The van der Waals surface area contributed by atoms with E-state index in [-0.39, 0.29) is 5.91 Å². The predicted octanol–water partition coefficient (Wildman–Crippen LogP) is 2.77. The Kier molecular flexibility index (Phi) is 6.60. The number of carbonyl (C=O) groups excluding carboxylic acids is 1. The summed E-state index contributed by atoms with van der Waals surface area (Å²) >= 11 is 1.42. The molecule has 7 nitrogen and oxygen atoms in total. The number of aromatic nitrogens is 3. The second-order valence-corrected chi connectivity index (χ2v) is 7.92. The second-order valence-electron chi connectivity index (χ2n) is 6.98. The molecular formula is C18H27N5O2S. The van der Waals surface area contributed by atoms with E-state index in [1.165, 1.54) is 31.0 Å². The fourth-order valence-corrected chi connectivity index (χ4v) is 3.67. The molecule has 0 spiro atoms. The van der Waals surface area contributed by atoms with Gasteiger partial charge < -0.3 is 14.6 Å². The van der Waals surface area contributed by atoms with Gasteiger partial charge in [-0.3, -0.25) is 9.36 Å². The molecule has 0 radical (unpaired) electrons. The Bertz CT molecular complexity index is 693. The first-order valence-electron chi connectivity index (χ1n) is 9.23. The molecule has 1 N–H and O–H groups in total. The number of nitrogens with one attached hydrogen (secondary N) is 1. The predicted molar refractivity (Wildman–Crippen MR) is 102 cm³/mol. The van der Waals surface area contributed by atoms with E-state index in [1.807, 2.05) is 12.1 Å². The third-order valence-electron chi connectivity index (χ3n) is 4.27. The number of amides is 1. The van der Waals surface area contributed by atoms with E-state index in [1.54, 1.807) is 6.26 Å². The van der Waals surface area contributed by atoms with Crippen LogP contribution in [0.4, 0.5) is 5.95 Å². The van der Waals surface area contributed by atoms with Crippen LogP contribution in [0.2, 0.25) is 0 Å². The van der Waals surface area contributed by atoms with E-state index in [2.05, 4.69) is 38.8 Å². The number of rotatable bonds is 8. The molecule has 3 rings (SSSR count). The fourth-order valence-electron chi connectivity index (χ4n) is 2.91. The third kappa shape index (κ3) is 5.03. The van der Waals surface area contributed by atoms with E-state index < -0.39 is 0 Å². The van der Waals surface area contributed by atoms with Gasteiger partial charge in [-0.15, -0.1) is 10.2 Å². The van der Waals surface area contributed by atoms with E-state index in [4.69, 9.17) is 4.42 Å². The number of hydrogen-bond donors (Lipinski definition) is 1. The van der Waals surface area contributed by atoms with Gasteiger partial charge in [0.1, 0.15) is 5.76 Å². The van der Waals surface area contributed by atoms with Crippen molar-refractivity contribution >= 4 is 23.6 Å². The monoisotopic (exact) mass is 377 g/mol. The molecular weight excluding hydrogens is 350 g/mol. The minimum absolute atomic E-state index is 0.0239. The number of thioether (sulfide) groups is 1. The molecule has 1 aliphatic rings. The first kappa shape index (κ1) is 18.8. The highest BCUT2D eigenvalue weighted by molar-refractivity contribution is 7.99. The Hall–Kier alpha value is -1.96. The lowest BCUT2D eigenvalue weighted by molar-refractivity contribution is -0.118. The summed E-state index contributed by atoms with van der Waals surface area (Å²) in [6.07, 6.45) is 5.29. The van der Waals surface area contributed by atoms with E-state index in [0.717, 1.165) is 30.0 Å². The zero-order valence-corrected chi connectivity index (χ0v) is 16.3. The van der Waals surface area contributed by atoms with Gasteiger partial charge in [-0.25, -0.2) is 0 Å².